The van der Waals surface area contributed by atoms with Crippen molar-refractivity contribution in [3.05, 3.63) is 0 Å². The van der Waals surface area contributed by atoms with Crippen molar-refractivity contribution in [2.75, 3.05) is 0 Å². The number of carbonyl (C=O) groups is 3. The van der Waals surface area contributed by atoms with Gasteiger partial charge in [0.15, 0.2) is 20.1 Å². The molecule has 0 bridgehead atoms. The highest BCUT2D eigenvalue weighted by atomic mass is 31.0. The maximum Gasteiger partial charge on any atom is 0.338 e. The summed E-state index contributed by atoms with van der Waals surface area (Å²) in [7, 11) is 0.0178. The Balaban J connectivity index is 2.19. The number of amides is 1. The van der Waals surface area contributed by atoms with Crippen molar-refractivity contribution in [2.24, 2.45) is 11.8 Å². The average molecular weight is 373 g/mol. The summed E-state index contributed by atoms with van der Waals surface area (Å²) >= 11 is 0. The number of carbonyl (C=O) groups excluding carboxylic acids is 3. The minimum absolute atomic E-state index is 0.170. The molecule has 2 aliphatic rings. The third kappa shape index (κ3) is 2.84. The Morgan fingerprint density at radius 2 is 1.79 bits per heavy atom. The molecule has 2 heterocycles. The third-order valence-corrected chi connectivity index (χ3v) is 10.9. The lowest BCUT2D eigenvalue weighted by atomic mass is 9.79. The van der Waals surface area contributed by atoms with E-state index in [1.807, 2.05) is 16.4 Å². The average Bonchev–Trinajstić information content (AvgIpc) is 2.81. The summed E-state index contributed by atoms with van der Waals surface area (Å²) < 4.78 is 11.1. The van der Waals surface area contributed by atoms with Crippen molar-refractivity contribution in [1.29, 1.82) is 0 Å². The molecular formula is C16H28NO5PSi. The van der Waals surface area contributed by atoms with Crippen molar-refractivity contribution < 1.29 is 23.3 Å². The lowest BCUT2D eigenvalue weighted by Crippen LogP contribution is -2.66. The highest BCUT2D eigenvalue weighted by Gasteiger charge is 2.65. The van der Waals surface area contributed by atoms with Crippen LogP contribution in [0.4, 0.5) is 0 Å². The molecular weight excluding hydrogens is 345 g/mol. The number of rotatable bonds is 7. The van der Waals surface area contributed by atoms with E-state index in [0.29, 0.717) is 0 Å². The summed E-state index contributed by atoms with van der Waals surface area (Å²) in [5, 5.41) is 0. The van der Waals surface area contributed by atoms with E-state index in [9.17, 15) is 14.4 Å². The summed E-state index contributed by atoms with van der Waals surface area (Å²) in [6.45, 7) is 10.2. The second kappa shape index (κ2) is 7.22. The largest absolute Gasteiger partial charge is 0.450 e. The zero-order chi connectivity index (χ0) is 18.2. The minimum atomic E-state index is -1.83. The van der Waals surface area contributed by atoms with Gasteiger partial charge in [-0.05, 0) is 25.1 Å². The van der Waals surface area contributed by atoms with E-state index in [0.717, 1.165) is 18.1 Å². The molecule has 6 atom stereocenters. The zero-order valence-electron chi connectivity index (χ0n) is 15.1. The first-order valence-corrected chi connectivity index (χ1v) is 11.7. The Hall–Kier alpha value is -0.783. The van der Waals surface area contributed by atoms with Crippen LogP contribution < -0.4 is 0 Å². The second-order valence-electron chi connectivity index (χ2n) is 6.86. The molecule has 0 saturated carbocycles. The molecule has 1 amide bonds. The Labute approximate surface area is 147 Å². The Bertz CT molecular complexity index is 530. The summed E-state index contributed by atoms with van der Waals surface area (Å²) in [5.41, 5.74) is 0. The Morgan fingerprint density at radius 3 is 2.25 bits per heavy atom. The van der Waals surface area contributed by atoms with Gasteiger partial charge in [0.25, 0.3) is 0 Å². The molecule has 2 fully saturated rings. The molecule has 24 heavy (non-hydrogen) atoms. The fraction of sp³-hybridized carbons (Fsp3) is 0.812. The van der Waals surface area contributed by atoms with Crippen molar-refractivity contribution in [2.45, 2.75) is 70.9 Å². The zero-order valence-corrected chi connectivity index (χ0v) is 17.2. The summed E-state index contributed by atoms with van der Waals surface area (Å²) in [6.07, 6.45) is -0.230. The minimum Gasteiger partial charge on any atom is -0.450 e. The van der Waals surface area contributed by atoms with Gasteiger partial charge < -0.3 is 13.8 Å². The molecule has 0 aliphatic carbocycles. The number of nitrogens with zero attached hydrogens (tertiary/aromatic N) is 1. The number of hydrogen-bond donors (Lipinski definition) is 0. The van der Waals surface area contributed by atoms with E-state index in [2.05, 4.69) is 25.3 Å². The summed E-state index contributed by atoms with van der Waals surface area (Å²) in [5.74, 6) is -1.80. The molecule has 0 aromatic heterocycles. The molecule has 0 N–H and O–H groups in total. The fourth-order valence-electron chi connectivity index (χ4n) is 4.20. The van der Waals surface area contributed by atoms with Crippen LogP contribution in [0.1, 0.15) is 34.6 Å². The third-order valence-electron chi connectivity index (χ3n) is 5.95. The SMILES string of the molecule is CC[Si](CC)(CC)O[C@H](C)[C@H]1C(=O)N2C(C(=O)OP)C(=O)[C@H](C)[C@H]12. The number of β-lactam (4-membered cyclic amide) rings is 1. The quantitative estimate of drug-likeness (QED) is 0.296. The first-order valence-electron chi connectivity index (χ1n) is 8.72. The van der Waals surface area contributed by atoms with Crippen molar-refractivity contribution in [3.63, 3.8) is 0 Å². The number of Topliss-reactive ketones (excluding diaryl/α,β-unsaturated/α-hetero) is 1. The highest BCUT2D eigenvalue weighted by molar-refractivity contribution is 7.10. The van der Waals surface area contributed by atoms with Crippen LogP contribution >= 0.6 is 9.47 Å². The number of hydrogen-bond acceptors (Lipinski definition) is 5. The van der Waals surface area contributed by atoms with E-state index in [-0.39, 0.29) is 35.7 Å². The fourth-order valence-corrected chi connectivity index (χ4v) is 7.27. The van der Waals surface area contributed by atoms with Crippen LogP contribution in [0.2, 0.25) is 18.1 Å². The first-order chi connectivity index (χ1) is 11.3. The van der Waals surface area contributed by atoms with Crippen LogP contribution in [0.5, 0.6) is 0 Å². The molecule has 136 valence electrons. The molecule has 6 nitrogen and oxygen atoms in total. The van der Waals surface area contributed by atoms with Gasteiger partial charge in [0, 0.05) is 5.92 Å². The standard InChI is InChI=1S/C16H28NO5PSi/c1-6-24(7-2,8-3)22-10(5)11-12-9(4)14(18)13(16(20)21-23)17(12)15(11)19/h9-13H,6-8,23H2,1-5H3/t9-,10-,11-,12-,13?/m1/s1. The van der Waals surface area contributed by atoms with Crippen LogP contribution in [0.15, 0.2) is 0 Å². The van der Waals surface area contributed by atoms with E-state index in [1.165, 1.54) is 4.90 Å². The predicted molar refractivity (Wildman–Crippen MR) is 95.6 cm³/mol. The second-order valence-corrected chi connectivity index (χ2v) is 11.8. The molecule has 0 aromatic rings. The smallest absolute Gasteiger partial charge is 0.338 e. The van der Waals surface area contributed by atoms with Crippen molar-refractivity contribution >= 4 is 35.4 Å². The van der Waals surface area contributed by atoms with E-state index in [1.54, 1.807) is 6.92 Å². The van der Waals surface area contributed by atoms with Crippen molar-refractivity contribution in [3.8, 4) is 0 Å². The molecule has 0 spiro atoms. The molecule has 2 unspecified atom stereocenters. The van der Waals surface area contributed by atoms with E-state index >= 15 is 0 Å². The number of ketones is 1. The van der Waals surface area contributed by atoms with Gasteiger partial charge in [0.1, 0.15) is 0 Å². The van der Waals surface area contributed by atoms with Gasteiger partial charge in [-0.1, -0.05) is 27.7 Å². The molecule has 2 rings (SSSR count). The lowest BCUT2D eigenvalue weighted by Gasteiger charge is -2.49. The monoisotopic (exact) mass is 373 g/mol. The predicted octanol–water partition coefficient (Wildman–Crippen LogP) is 2.14. The van der Waals surface area contributed by atoms with Gasteiger partial charge in [-0.15, -0.1) is 0 Å². The van der Waals surface area contributed by atoms with Gasteiger partial charge in [0.2, 0.25) is 5.91 Å². The van der Waals surface area contributed by atoms with Gasteiger partial charge in [-0.2, -0.15) is 0 Å². The molecule has 8 heteroatoms. The normalized spacial score (nSPS) is 30.8. The van der Waals surface area contributed by atoms with Gasteiger partial charge >= 0.3 is 5.97 Å². The Morgan fingerprint density at radius 1 is 1.25 bits per heavy atom. The Kier molecular flexibility index (Phi) is 5.88. The van der Waals surface area contributed by atoms with E-state index in [4.69, 9.17) is 4.43 Å². The highest BCUT2D eigenvalue weighted by Crippen LogP contribution is 2.44. The molecule has 0 radical (unpaired) electrons. The van der Waals surface area contributed by atoms with Gasteiger partial charge in [0.05, 0.1) is 27.5 Å². The van der Waals surface area contributed by atoms with Gasteiger partial charge in [-0.25, -0.2) is 4.79 Å². The van der Waals surface area contributed by atoms with Crippen LogP contribution in [-0.4, -0.2) is 49.1 Å². The maximum absolute atomic E-state index is 12.7. The molecule has 2 aliphatic heterocycles. The molecule has 2 saturated heterocycles. The van der Waals surface area contributed by atoms with Crippen LogP contribution in [0, 0.1) is 11.8 Å². The van der Waals surface area contributed by atoms with Crippen LogP contribution in [0.3, 0.4) is 0 Å². The topological polar surface area (TPSA) is 72.9 Å². The van der Waals surface area contributed by atoms with Crippen molar-refractivity contribution in [1.82, 2.24) is 4.90 Å². The van der Waals surface area contributed by atoms with Gasteiger partial charge in [-0.3, -0.25) is 9.59 Å². The summed E-state index contributed by atoms with van der Waals surface area (Å²) in [6, 6.07) is 1.68. The first kappa shape index (κ1) is 19.5. The van der Waals surface area contributed by atoms with E-state index < -0.39 is 20.3 Å². The summed E-state index contributed by atoms with van der Waals surface area (Å²) in [4.78, 5) is 38.3. The number of fused-ring (bicyclic) bond motifs is 1. The maximum atomic E-state index is 12.7. The van der Waals surface area contributed by atoms with Crippen LogP contribution in [0.25, 0.3) is 0 Å². The lowest BCUT2D eigenvalue weighted by molar-refractivity contribution is -0.169. The van der Waals surface area contributed by atoms with Crippen LogP contribution in [-0.2, 0) is 23.3 Å². The molecule has 0 aromatic carbocycles.